The van der Waals surface area contributed by atoms with E-state index in [1.54, 1.807) is 0 Å². The van der Waals surface area contributed by atoms with Gasteiger partial charge in [-0.2, -0.15) is 16.9 Å². The number of hydrogen-bond acceptors (Lipinski definition) is 19. The Hall–Kier alpha value is -3.23. The number of fused-ring (bicyclic) bond motifs is 1. The van der Waals surface area contributed by atoms with Crippen LogP contribution in [0.25, 0.3) is 11.2 Å². The molecule has 55 heavy (non-hydrogen) atoms. The van der Waals surface area contributed by atoms with E-state index in [0.717, 1.165) is 17.2 Å². The fourth-order valence-electron chi connectivity index (χ4n) is 4.49. The molecule has 0 radical (unpaired) electrons. The quantitative estimate of drug-likeness (QED) is 0.0420. The number of aliphatic hydroxyl groups excluding tert-OH is 2. The van der Waals surface area contributed by atoms with E-state index in [0.29, 0.717) is 12.3 Å². The number of phosphoric acid groups is 3. The van der Waals surface area contributed by atoms with Crippen molar-refractivity contribution in [3.63, 3.8) is 0 Å². The van der Waals surface area contributed by atoms with E-state index in [1.807, 2.05) is 5.32 Å². The minimum Gasteiger partial charge on any atom is -0.386 e. The van der Waals surface area contributed by atoms with Gasteiger partial charge in [0.2, 0.25) is 11.8 Å². The van der Waals surface area contributed by atoms with Crippen molar-refractivity contribution >= 4 is 76.7 Å². The smallest absolute Gasteiger partial charge is 0.386 e. The number of imidazole rings is 1. The van der Waals surface area contributed by atoms with Gasteiger partial charge in [-0.25, -0.2) is 28.6 Å². The Labute approximate surface area is 316 Å². The maximum Gasteiger partial charge on any atom is 0.481 e. The first kappa shape index (κ1) is 46.2. The molecular formula is C25H39N8O18P3S. The summed E-state index contributed by atoms with van der Waals surface area (Å²) in [7, 11) is -16.3. The van der Waals surface area contributed by atoms with Gasteiger partial charge >= 0.3 is 23.5 Å². The van der Waals surface area contributed by atoms with E-state index < -0.39 is 78.6 Å². The number of aromatic nitrogens is 4. The predicted molar refractivity (Wildman–Crippen MR) is 186 cm³/mol. The third-order valence-corrected chi connectivity index (χ3v) is 10.5. The number of anilines is 1. The molecule has 2 aliphatic rings. The molecule has 0 aliphatic carbocycles. The summed E-state index contributed by atoms with van der Waals surface area (Å²) in [4.78, 5) is 94.7. The molecule has 2 aromatic rings. The number of phosphoric ester groups is 3. The van der Waals surface area contributed by atoms with Crippen LogP contribution in [0, 0.1) is 5.41 Å². The van der Waals surface area contributed by atoms with Crippen LogP contribution in [0.5, 0.6) is 0 Å². The van der Waals surface area contributed by atoms with Gasteiger partial charge < -0.3 is 50.9 Å². The molecule has 0 saturated carbocycles. The molecule has 0 spiro atoms. The SMILES string of the molecule is CC(C)(COP(=O)(O)OP(=O)(O)OC[C@H]1O[C@@H](n2cnc3c(N)ncnc32)[C@H](O)[C@@H]1OP(=O)(O)O)[C@@H](O)C(=O)NCCC(=O)NCCS.O=C1C=CC(=O)N1. The summed E-state index contributed by atoms with van der Waals surface area (Å²) in [6, 6.07) is 0. The van der Waals surface area contributed by atoms with E-state index in [1.165, 1.54) is 26.0 Å². The van der Waals surface area contributed by atoms with Gasteiger partial charge in [0.05, 0.1) is 19.5 Å². The Bertz CT molecular complexity index is 1880. The molecule has 2 unspecified atom stereocenters. The first-order valence-electron chi connectivity index (χ1n) is 15.5. The van der Waals surface area contributed by atoms with Gasteiger partial charge in [-0.1, -0.05) is 13.8 Å². The van der Waals surface area contributed by atoms with Crippen LogP contribution >= 0.6 is 36.1 Å². The van der Waals surface area contributed by atoms with Gasteiger partial charge in [0, 0.05) is 42.8 Å². The number of nitrogens with one attached hydrogen (secondary N) is 3. The van der Waals surface area contributed by atoms with Crippen LogP contribution < -0.4 is 21.7 Å². The maximum atomic E-state index is 12.6. The predicted octanol–water partition coefficient (Wildman–Crippen LogP) is -2.47. The van der Waals surface area contributed by atoms with Crippen LogP contribution in [0.15, 0.2) is 24.8 Å². The summed E-state index contributed by atoms with van der Waals surface area (Å²) < 4.78 is 61.7. The van der Waals surface area contributed by atoms with Crippen LogP contribution in [0.2, 0.25) is 0 Å². The highest BCUT2D eigenvalue weighted by Crippen LogP contribution is 2.61. The van der Waals surface area contributed by atoms with E-state index in [9.17, 15) is 62.7 Å². The molecule has 0 aromatic carbocycles. The Morgan fingerprint density at radius 1 is 1.05 bits per heavy atom. The number of nitrogen functional groups attached to an aromatic ring is 1. The first-order chi connectivity index (χ1) is 25.4. The lowest BCUT2D eigenvalue weighted by Gasteiger charge is -2.30. The minimum atomic E-state index is -5.54. The average molecular weight is 865 g/mol. The van der Waals surface area contributed by atoms with Gasteiger partial charge in [-0.15, -0.1) is 0 Å². The fraction of sp³-hybridized carbons (Fsp3) is 0.560. The highest BCUT2D eigenvalue weighted by Gasteiger charge is 2.50. The van der Waals surface area contributed by atoms with Gasteiger partial charge in [0.25, 0.3) is 11.8 Å². The maximum absolute atomic E-state index is 12.6. The highest BCUT2D eigenvalue weighted by atomic mass is 32.1. The van der Waals surface area contributed by atoms with Crippen LogP contribution in [0.1, 0.15) is 26.5 Å². The zero-order valence-electron chi connectivity index (χ0n) is 28.7. The lowest BCUT2D eigenvalue weighted by Crippen LogP contribution is -2.46. The highest BCUT2D eigenvalue weighted by molar-refractivity contribution is 7.80. The summed E-state index contributed by atoms with van der Waals surface area (Å²) >= 11 is 3.95. The molecule has 0 bridgehead atoms. The van der Waals surface area contributed by atoms with Crippen molar-refractivity contribution in [3.8, 4) is 0 Å². The molecule has 4 heterocycles. The lowest BCUT2D eigenvalue weighted by molar-refractivity contribution is -0.137. The number of hydrogen-bond donors (Lipinski definition) is 11. The second-order valence-electron chi connectivity index (χ2n) is 12.0. The largest absolute Gasteiger partial charge is 0.481 e. The summed E-state index contributed by atoms with van der Waals surface area (Å²) in [5, 5.41) is 28.1. The number of ether oxygens (including phenoxy) is 1. The van der Waals surface area contributed by atoms with Gasteiger partial charge in [0.15, 0.2) is 17.7 Å². The number of carbonyl (C=O) groups is 4. The molecule has 7 atom stereocenters. The van der Waals surface area contributed by atoms with E-state index >= 15 is 0 Å². The minimum absolute atomic E-state index is 0.0363. The normalized spacial score (nSPS) is 22.6. The molecule has 30 heteroatoms. The molecule has 308 valence electrons. The van der Waals surface area contributed by atoms with E-state index in [-0.39, 0.29) is 47.7 Å². The number of carbonyl (C=O) groups excluding carboxylic acids is 4. The van der Waals surface area contributed by atoms with Gasteiger partial charge in [0.1, 0.15) is 36.3 Å². The van der Waals surface area contributed by atoms with Crippen LogP contribution in [-0.2, 0) is 55.5 Å². The summed E-state index contributed by atoms with van der Waals surface area (Å²) in [6.07, 6.45) is -4.35. The monoisotopic (exact) mass is 864 g/mol. The molecule has 11 N–H and O–H groups in total. The molecule has 2 aromatic heterocycles. The van der Waals surface area contributed by atoms with Crippen molar-refractivity contribution in [2.45, 2.75) is 50.9 Å². The second kappa shape index (κ2) is 19.3. The molecule has 1 fully saturated rings. The zero-order valence-corrected chi connectivity index (χ0v) is 32.3. The number of nitrogens with two attached hydrogens (primary N) is 1. The Balaban J connectivity index is 0.00000104. The number of thiol groups is 1. The number of amides is 4. The van der Waals surface area contributed by atoms with Crippen molar-refractivity contribution < 1.29 is 85.3 Å². The molecule has 2 aliphatic heterocycles. The van der Waals surface area contributed by atoms with Crippen LogP contribution in [0.3, 0.4) is 0 Å². The van der Waals surface area contributed by atoms with Crippen molar-refractivity contribution in [2.75, 3.05) is 37.8 Å². The first-order valence-corrected chi connectivity index (χ1v) is 20.6. The van der Waals surface area contributed by atoms with E-state index in [2.05, 4.69) is 47.0 Å². The standard InChI is InChI=1S/C21H36N7O16P3S.C4H3NO2/c1-21(2,16(31)19(32)24-4-3-12(29)23-5-6-48)8-41-47(38,39)44-46(36,37)40-7-11-15(43-45(33,34)35)14(30)20(42-11)28-10-27-13-17(22)25-9-26-18(13)28;6-3-1-2-4(7)5-3/h9-11,14-16,20,30-31,48H,3-8H2,1-2H3,(H,23,29)(H,24,32)(H,36,37)(H,38,39)(H2,22,25,26)(H2,33,34,35);1-2H,(H,5,6,7)/t11-,14-,15-,16+,20-;/m1./s1. The number of nitrogens with zero attached hydrogens (tertiary/aromatic N) is 4. The second-order valence-corrected chi connectivity index (χ2v) is 16.7. The number of aliphatic hydroxyl groups is 2. The Kier molecular flexibility index (Phi) is 16.2. The van der Waals surface area contributed by atoms with Gasteiger partial charge in [-0.3, -0.25) is 42.6 Å². The Morgan fingerprint density at radius 2 is 1.69 bits per heavy atom. The summed E-state index contributed by atoms with van der Waals surface area (Å²) in [5.74, 6) is -1.60. The lowest BCUT2D eigenvalue weighted by atomic mass is 9.87. The molecular weight excluding hydrogens is 825 g/mol. The summed E-state index contributed by atoms with van der Waals surface area (Å²) in [6.45, 7) is 0.723. The molecule has 26 nitrogen and oxygen atoms in total. The molecule has 4 rings (SSSR count). The third kappa shape index (κ3) is 14.0. The van der Waals surface area contributed by atoms with Crippen molar-refractivity contribution in [3.05, 3.63) is 24.8 Å². The summed E-state index contributed by atoms with van der Waals surface area (Å²) in [5.41, 5.74) is 4.30. The number of imide groups is 1. The molecule has 4 amide bonds. The average Bonchev–Trinajstić information content (AvgIpc) is 3.77. The fourth-order valence-corrected chi connectivity index (χ4v) is 7.43. The zero-order chi connectivity index (χ0) is 41.4. The molecule has 1 saturated heterocycles. The topological polar surface area (TPSA) is 393 Å². The van der Waals surface area contributed by atoms with Crippen LogP contribution in [-0.4, -0.2) is 129 Å². The van der Waals surface area contributed by atoms with Crippen molar-refractivity contribution in [1.29, 1.82) is 0 Å². The van der Waals surface area contributed by atoms with Crippen molar-refractivity contribution in [2.24, 2.45) is 5.41 Å². The Morgan fingerprint density at radius 3 is 2.27 bits per heavy atom. The third-order valence-electron chi connectivity index (χ3n) is 7.14. The van der Waals surface area contributed by atoms with Crippen LogP contribution in [0.4, 0.5) is 5.82 Å². The van der Waals surface area contributed by atoms with E-state index in [4.69, 9.17) is 19.5 Å². The van der Waals surface area contributed by atoms with Gasteiger partial charge in [-0.05, 0) is 0 Å². The number of rotatable bonds is 18. The van der Waals surface area contributed by atoms with Crippen molar-refractivity contribution in [1.82, 2.24) is 35.5 Å².